The van der Waals surface area contributed by atoms with Gasteiger partial charge in [-0.15, -0.1) is 5.10 Å². The Kier molecular flexibility index (Phi) is 5.50. The zero-order chi connectivity index (χ0) is 14.2. The first kappa shape index (κ1) is 14.5. The van der Waals surface area contributed by atoms with E-state index in [-0.39, 0.29) is 0 Å². The molecule has 20 heavy (non-hydrogen) atoms. The number of hydrogen-bond acceptors (Lipinski definition) is 4. The lowest BCUT2D eigenvalue weighted by molar-refractivity contribution is 0.453. The maximum absolute atomic E-state index is 5.68. The fourth-order valence-electron chi connectivity index (χ4n) is 1.90. The Morgan fingerprint density at radius 2 is 1.85 bits per heavy atom. The van der Waals surface area contributed by atoms with Gasteiger partial charge in [0, 0.05) is 12.6 Å². The molecule has 1 aromatic carbocycles. The van der Waals surface area contributed by atoms with E-state index in [0.717, 1.165) is 17.9 Å². The molecule has 0 atom stereocenters. The second kappa shape index (κ2) is 7.60. The minimum absolute atomic E-state index is 0.520. The summed E-state index contributed by atoms with van der Waals surface area (Å²) in [6.07, 6.45) is 3.56. The number of aromatic nitrogens is 2. The van der Waals surface area contributed by atoms with Gasteiger partial charge < -0.3 is 10.1 Å². The number of hydrogen-bond donors (Lipinski definition) is 1. The first-order valence-electron chi connectivity index (χ1n) is 7.06. The van der Waals surface area contributed by atoms with Crippen LogP contribution in [0.3, 0.4) is 0 Å². The molecule has 0 amide bonds. The molecular formula is C16H21N3O. The minimum atomic E-state index is 0.520. The van der Waals surface area contributed by atoms with Gasteiger partial charge in [-0.25, -0.2) is 0 Å². The third-order valence-corrected chi connectivity index (χ3v) is 3.02. The Labute approximate surface area is 120 Å². The first-order valence-corrected chi connectivity index (χ1v) is 7.06. The molecule has 106 valence electrons. The normalized spacial score (nSPS) is 10.5. The van der Waals surface area contributed by atoms with Gasteiger partial charge in [-0.3, -0.25) is 0 Å². The van der Waals surface area contributed by atoms with E-state index in [1.165, 1.54) is 18.4 Å². The van der Waals surface area contributed by atoms with Crippen molar-refractivity contribution in [3.63, 3.8) is 0 Å². The largest absolute Gasteiger partial charge is 0.438 e. The fraction of sp³-hybridized carbons (Fsp3) is 0.375. The second-order valence-electron chi connectivity index (χ2n) is 4.74. The smallest absolute Gasteiger partial charge is 0.238 e. The van der Waals surface area contributed by atoms with Crippen LogP contribution in [0.15, 0.2) is 36.4 Å². The Hall–Kier alpha value is -1.94. The van der Waals surface area contributed by atoms with Crippen LogP contribution in [0.5, 0.6) is 11.6 Å². The van der Waals surface area contributed by atoms with Crippen molar-refractivity contribution in [2.45, 2.75) is 32.7 Å². The molecule has 2 aromatic rings. The van der Waals surface area contributed by atoms with E-state index >= 15 is 0 Å². The summed E-state index contributed by atoms with van der Waals surface area (Å²) in [5.41, 5.74) is 2.24. The van der Waals surface area contributed by atoms with E-state index in [1.54, 1.807) is 0 Å². The monoisotopic (exact) mass is 271 g/mol. The molecule has 0 bridgehead atoms. The topological polar surface area (TPSA) is 47.0 Å². The summed E-state index contributed by atoms with van der Waals surface area (Å²) < 4.78 is 5.68. The van der Waals surface area contributed by atoms with Crippen molar-refractivity contribution in [1.29, 1.82) is 0 Å². The van der Waals surface area contributed by atoms with Gasteiger partial charge >= 0.3 is 0 Å². The lowest BCUT2D eigenvalue weighted by Gasteiger charge is -2.06. The Balaban J connectivity index is 1.95. The molecule has 0 radical (unpaired) electrons. The van der Waals surface area contributed by atoms with E-state index in [4.69, 9.17) is 4.74 Å². The maximum atomic E-state index is 5.68. The van der Waals surface area contributed by atoms with Crippen LogP contribution in [0.25, 0.3) is 0 Å². The van der Waals surface area contributed by atoms with Crippen molar-refractivity contribution in [2.75, 3.05) is 7.05 Å². The number of rotatable bonds is 7. The number of nitrogens with one attached hydrogen (secondary N) is 1. The van der Waals surface area contributed by atoms with Crippen LogP contribution in [0, 0.1) is 0 Å². The zero-order valence-corrected chi connectivity index (χ0v) is 12.1. The third kappa shape index (κ3) is 4.31. The Morgan fingerprint density at radius 1 is 1.05 bits per heavy atom. The van der Waals surface area contributed by atoms with Crippen LogP contribution < -0.4 is 10.1 Å². The number of aryl methyl sites for hydroxylation is 1. The molecule has 1 aromatic heterocycles. The summed E-state index contributed by atoms with van der Waals surface area (Å²) in [6.45, 7) is 2.91. The van der Waals surface area contributed by atoms with Crippen LogP contribution >= 0.6 is 0 Å². The molecule has 0 saturated carbocycles. The average molecular weight is 271 g/mol. The van der Waals surface area contributed by atoms with Crippen LogP contribution in [0.2, 0.25) is 0 Å². The maximum Gasteiger partial charge on any atom is 0.238 e. The molecule has 0 aliphatic rings. The second-order valence-corrected chi connectivity index (χ2v) is 4.74. The van der Waals surface area contributed by atoms with Gasteiger partial charge in [0.1, 0.15) is 5.75 Å². The lowest BCUT2D eigenvalue weighted by Crippen LogP contribution is -2.07. The highest BCUT2D eigenvalue weighted by atomic mass is 16.5. The van der Waals surface area contributed by atoms with E-state index in [1.807, 2.05) is 31.3 Å². The average Bonchev–Trinajstić information content (AvgIpc) is 2.49. The highest BCUT2D eigenvalue weighted by Gasteiger charge is 2.01. The van der Waals surface area contributed by atoms with Gasteiger partial charge in [0.05, 0.1) is 5.69 Å². The van der Waals surface area contributed by atoms with E-state index < -0.39 is 0 Å². The molecule has 0 aliphatic carbocycles. The SMILES string of the molecule is CCCCc1ccc(Oc2ccc(CNC)nn2)cc1. The van der Waals surface area contributed by atoms with Gasteiger partial charge in [-0.05, 0) is 43.7 Å². The molecule has 4 heteroatoms. The van der Waals surface area contributed by atoms with Crippen molar-refractivity contribution in [1.82, 2.24) is 15.5 Å². The van der Waals surface area contributed by atoms with Gasteiger partial charge in [-0.2, -0.15) is 5.10 Å². The van der Waals surface area contributed by atoms with Crippen molar-refractivity contribution < 1.29 is 4.74 Å². The van der Waals surface area contributed by atoms with Crippen LogP contribution in [0.1, 0.15) is 31.0 Å². The summed E-state index contributed by atoms with van der Waals surface area (Å²) in [5, 5.41) is 11.2. The van der Waals surface area contributed by atoms with E-state index in [9.17, 15) is 0 Å². The van der Waals surface area contributed by atoms with E-state index in [2.05, 4.69) is 34.6 Å². The zero-order valence-electron chi connectivity index (χ0n) is 12.1. The minimum Gasteiger partial charge on any atom is -0.438 e. The Morgan fingerprint density at radius 3 is 2.45 bits per heavy atom. The molecule has 0 unspecified atom stereocenters. The van der Waals surface area contributed by atoms with Crippen LogP contribution in [0.4, 0.5) is 0 Å². The van der Waals surface area contributed by atoms with Gasteiger partial charge in [0.15, 0.2) is 0 Å². The third-order valence-electron chi connectivity index (χ3n) is 3.02. The number of nitrogens with zero attached hydrogens (tertiary/aromatic N) is 2. The summed E-state index contributed by atoms with van der Waals surface area (Å²) in [4.78, 5) is 0. The lowest BCUT2D eigenvalue weighted by atomic mass is 10.1. The van der Waals surface area contributed by atoms with Gasteiger partial charge in [0.25, 0.3) is 0 Å². The molecule has 1 heterocycles. The Bertz CT molecular complexity index is 508. The van der Waals surface area contributed by atoms with Crippen molar-refractivity contribution in [2.24, 2.45) is 0 Å². The van der Waals surface area contributed by atoms with Gasteiger partial charge in [0.2, 0.25) is 5.88 Å². The molecular weight excluding hydrogens is 250 g/mol. The summed E-state index contributed by atoms with van der Waals surface area (Å²) in [5.74, 6) is 1.31. The molecule has 0 aliphatic heterocycles. The summed E-state index contributed by atoms with van der Waals surface area (Å²) in [7, 11) is 1.88. The molecule has 4 nitrogen and oxygen atoms in total. The predicted octanol–water partition coefficient (Wildman–Crippen LogP) is 3.33. The fourth-order valence-corrected chi connectivity index (χ4v) is 1.90. The summed E-state index contributed by atoms with van der Waals surface area (Å²) >= 11 is 0. The van der Waals surface area contributed by atoms with Crippen molar-refractivity contribution in [3.05, 3.63) is 47.7 Å². The van der Waals surface area contributed by atoms with Crippen LogP contribution in [-0.4, -0.2) is 17.2 Å². The predicted molar refractivity (Wildman–Crippen MR) is 79.9 cm³/mol. The molecule has 0 spiro atoms. The number of ether oxygens (including phenoxy) is 1. The first-order chi connectivity index (χ1) is 9.81. The van der Waals surface area contributed by atoms with Crippen LogP contribution in [-0.2, 0) is 13.0 Å². The van der Waals surface area contributed by atoms with Gasteiger partial charge in [-0.1, -0.05) is 25.5 Å². The number of unbranched alkanes of at least 4 members (excludes halogenated alkanes) is 1. The highest BCUT2D eigenvalue weighted by molar-refractivity contribution is 5.30. The van der Waals surface area contributed by atoms with E-state index in [0.29, 0.717) is 12.4 Å². The molecule has 2 rings (SSSR count). The van der Waals surface area contributed by atoms with Crippen molar-refractivity contribution >= 4 is 0 Å². The number of benzene rings is 1. The molecule has 1 N–H and O–H groups in total. The molecule has 0 fully saturated rings. The quantitative estimate of drug-likeness (QED) is 0.839. The molecule has 0 saturated heterocycles. The standard InChI is InChI=1S/C16H21N3O/c1-3-4-5-13-6-9-15(10-7-13)20-16-11-8-14(12-17-2)18-19-16/h6-11,17H,3-5,12H2,1-2H3. The summed E-state index contributed by atoms with van der Waals surface area (Å²) in [6, 6.07) is 11.9. The highest BCUT2D eigenvalue weighted by Crippen LogP contribution is 2.19. The van der Waals surface area contributed by atoms with Crippen molar-refractivity contribution in [3.8, 4) is 11.6 Å².